The number of ether oxygens (including phenoxy) is 1. The molecule has 35 heavy (non-hydrogen) atoms. The Balaban J connectivity index is 1.52. The summed E-state index contributed by atoms with van der Waals surface area (Å²) in [7, 11) is 0. The van der Waals surface area contributed by atoms with E-state index >= 15 is 0 Å². The van der Waals surface area contributed by atoms with Crippen molar-refractivity contribution in [2.45, 2.75) is 57.5 Å². The van der Waals surface area contributed by atoms with Crippen molar-refractivity contribution in [3.63, 3.8) is 0 Å². The van der Waals surface area contributed by atoms with Crippen molar-refractivity contribution in [1.82, 2.24) is 0 Å². The molecule has 3 atom stereocenters. The average molecular weight is 470 g/mol. The molecule has 2 aliphatic rings. The number of carbonyl (C=O) groups excluding carboxylic acids is 1. The standard InChI is InChI=1S/C30H31NO4/c1-18-8-10-20(11-9-18)15-26(32)31-25-17-23(19(2)14-27(33)34)16-24-28(21-6-4-3-5-7-21)29(22-12-13-22)35-30(24)25/h3-11,16-17,19,22,28-29H,12-15H2,1-2H3,(H,31,32)(H,33,34)/t19?,28-,29+/m0/s1. The van der Waals surface area contributed by atoms with E-state index in [-0.39, 0.29) is 36.7 Å². The monoisotopic (exact) mass is 469 g/mol. The Kier molecular flexibility index (Phi) is 6.33. The van der Waals surface area contributed by atoms with Gasteiger partial charge in [-0.25, -0.2) is 0 Å². The van der Waals surface area contributed by atoms with Crippen molar-refractivity contribution in [3.8, 4) is 5.75 Å². The van der Waals surface area contributed by atoms with Gasteiger partial charge in [0.25, 0.3) is 0 Å². The van der Waals surface area contributed by atoms with Gasteiger partial charge < -0.3 is 15.2 Å². The molecule has 1 amide bonds. The van der Waals surface area contributed by atoms with Gasteiger partial charge in [0.05, 0.1) is 18.5 Å². The molecule has 5 rings (SSSR count). The van der Waals surface area contributed by atoms with Gasteiger partial charge in [-0.3, -0.25) is 9.59 Å². The molecule has 0 aromatic heterocycles. The van der Waals surface area contributed by atoms with E-state index in [4.69, 9.17) is 4.74 Å². The van der Waals surface area contributed by atoms with Crippen LogP contribution in [-0.4, -0.2) is 23.1 Å². The van der Waals surface area contributed by atoms with E-state index < -0.39 is 5.97 Å². The molecule has 0 radical (unpaired) electrons. The van der Waals surface area contributed by atoms with Crippen molar-refractivity contribution >= 4 is 17.6 Å². The highest BCUT2D eigenvalue weighted by Gasteiger charge is 2.46. The minimum atomic E-state index is -0.838. The summed E-state index contributed by atoms with van der Waals surface area (Å²) in [6.45, 7) is 3.94. The number of carboxylic acids is 1. The maximum atomic E-state index is 13.0. The first-order chi connectivity index (χ1) is 16.9. The summed E-state index contributed by atoms with van der Waals surface area (Å²) in [4.78, 5) is 24.5. The molecule has 1 heterocycles. The lowest BCUT2D eigenvalue weighted by molar-refractivity contribution is -0.137. The van der Waals surface area contributed by atoms with Crippen LogP contribution in [0.2, 0.25) is 0 Å². The number of benzene rings is 3. The van der Waals surface area contributed by atoms with Crippen LogP contribution in [0, 0.1) is 12.8 Å². The second kappa shape index (κ2) is 9.57. The first-order valence-electron chi connectivity index (χ1n) is 12.4. The number of rotatable bonds is 8. The molecule has 3 aromatic rings. The SMILES string of the molecule is Cc1ccc(CC(=O)Nc2cc(C(C)CC(=O)O)cc3c2O[C@H](C2CC2)[C@H]3c2ccccc2)cc1. The second-order valence-corrected chi connectivity index (χ2v) is 10.0. The van der Waals surface area contributed by atoms with Gasteiger partial charge in [-0.1, -0.05) is 73.2 Å². The van der Waals surface area contributed by atoms with Gasteiger partial charge in [-0.05, 0) is 54.4 Å². The van der Waals surface area contributed by atoms with Crippen LogP contribution in [0.3, 0.4) is 0 Å². The van der Waals surface area contributed by atoms with E-state index in [0.717, 1.165) is 40.8 Å². The molecule has 1 aliphatic heterocycles. The summed E-state index contributed by atoms with van der Waals surface area (Å²) in [5, 5.41) is 12.5. The first-order valence-corrected chi connectivity index (χ1v) is 12.4. The maximum absolute atomic E-state index is 13.0. The highest BCUT2D eigenvalue weighted by atomic mass is 16.5. The van der Waals surface area contributed by atoms with Crippen molar-refractivity contribution in [3.05, 3.63) is 94.5 Å². The Bertz CT molecular complexity index is 1230. The Morgan fingerprint density at radius 1 is 1.06 bits per heavy atom. The lowest BCUT2D eigenvalue weighted by Gasteiger charge is -2.19. The van der Waals surface area contributed by atoms with Gasteiger partial charge in [0, 0.05) is 11.5 Å². The van der Waals surface area contributed by atoms with Crippen molar-refractivity contribution < 1.29 is 19.4 Å². The van der Waals surface area contributed by atoms with Gasteiger partial charge >= 0.3 is 5.97 Å². The smallest absolute Gasteiger partial charge is 0.303 e. The lowest BCUT2D eigenvalue weighted by Crippen LogP contribution is -2.22. The summed E-state index contributed by atoms with van der Waals surface area (Å²) < 4.78 is 6.58. The molecule has 3 aromatic carbocycles. The largest absolute Gasteiger partial charge is 0.487 e. The third-order valence-corrected chi connectivity index (χ3v) is 7.11. The minimum Gasteiger partial charge on any atom is -0.487 e. The van der Waals surface area contributed by atoms with Gasteiger partial charge in [-0.2, -0.15) is 0 Å². The fourth-order valence-electron chi connectivity index (χ4n) is 5.08. The van der Waals surface area contributed by atoms with Gasteiger partial charge in [-0.15, -0.1) is 0 Å². The molecule has 0 bridgehead atoms. The topological polar surface area (TPSA) is 75.6 Å². The van der Waals surface area contributed by atoms with Crippen LogP contribution in [-0.2, 0) is 16.0 Å². The zero-order valence-electron chi connectivity index (χ0n) is 20.2. The number of amides is 1. The van der Waals surface area contributed by atoms with Crippen LogP contribution < -0.4 is 10.1 Å². The summed E-state index contributed by atoms with van der Waals surface area (Å²) >= 11 is 0. The molecule has 1 fully saturated rings. The molecule has 180 valence electrons. The lowest BCUT2D eigenvalue weighted by atomic mass is 9.84. The number of anilines is 1. The summed E-state index contributed by atoms with van der Waals surface area (Å²) in [5.41, 5.74) is 5.85. The Hall–Kier alpha value is -3.60. The predicted octanol–water partition coefficient (Wildman–Crippen LogP) is 6.06. The number of hydrogen-bond acceptors (Lipinski definition) is 3. The predicted molar refractivity (Wildman–Crippen MR) is 136 cm³/mol. The number of nitrogens with one attached hydrogen (secondary N) is 1. The molecule has 5 nitrogen and oxygen atoms in total. The number of hydrogen-bond donors (Lipinski definition) is 2. The minimum absolute atomic E-state index is 0.0187. The Morgan fingerprint density at radius 3 is 2.43 bits per heavy atom. The van der Waals surface area contributed by atoms with Gasteiger partial charge in [0.15, 0.2) is 0 Å². The van der Waals surface area contributed by atoms with E-state index in [9.17, 15) is 14.7 Å². The summed E-state index contributed by atoms with van der Waals surface area (Å²) in [5.74, 6) is 0.122. The van der Waals surface area contributed by atoms with Crippen LogP contribution in [0.1, 0.15) is 65.8 Å². The van der Waals surface area contributed by atoms with Crippen molar-refractivity contribution in [2.75, 3.05) is 5.32 Å². The highest BCUT2D eigenvalue weighted by molar-refractivity contribution is 5.94. The number of aryl methyl sites for hydroxylation is 1. The summed E-state index contributed by atoms with van der Waals surface area (Å²) in [6.07, 6.45) is 2.58. The van der Waals surface area contributed by atoms with Crippen LogP contribution in [0.4, 0.5) is 5.69 Å². The molecule has 1 aliphatic carbocycles. The maximum Gasteiger partial charge on any atom is 0.303 e. The second-order valence-electron chi connectivity index (χ2n) is 10.0. The number of aliphatic carboxylic acids is 1. The zero-order chi connectivity index (χ0) is 24.5. The molecule has 1 unspecified atom stereocenters. The molecule has 5 heteroatoms. The number of carboxylic acid groups (broad SMARTS) is 1. The molecular formula is C30H31NO4. The van der Waals surface area contributed by atoms with E-state index in [1.54, 1.807) is 0 Å². The summed E-state index contributed by atoms with van der Waals surface area (Å²) in [6, 6.07) is 22.3. The number of fused-ring (bicyclic) bond motifs is 1. The van der Waals surface area contributed by atoms with E-state index in [1.165, 1.54) is 5.56 Å². The molecular weight excluding hydrogens is 438 g/mol. The van der Waals surface area contributed by atoms with E-state index in [1.807, 2.05) is 62.4 Å². The quantitative estimate of drug-likeness (QED) is 0.421. The highest BCUT2D eigenvalue weighted by Crippen LogP contribution is 2.53. The van der Waals surface area contributed by atoms with E-state index in [2.05, 4.69) is 23.5 Å². The normalized spacial score (nSPS) is 19.5. The fourth-order valence-corrected chi connectivity index (χ4v) is 5.08. The van der Waals surface area contributed by atoms with Crippen LogP contribution in [0.15, 0.2) is 66.7 Å². The zero-order valence-corrected chi connectivity index (χ0v) is 20.2. The van der Waals surface area contributed by atoms with Crippen molar-refractivity contribution in [1.29, 1.82) is 0 Å². The fraction of sp³-hybridized carbons (Fsp3) is 0.333. The van der Waals surface area contributed by atoms with Gasteiger partial charge in [0.1, 0.15) is 11.9 Å². The molecule has 2 N–H and O–H groups in total. The number of carbonyl (C=O) groups is 2. The van der Waals surface area contributed by atoms with Crippen LogP contribution in [0.25, 0.3) is 0 Å². The molecule has 1 saturated carbocycles. The Labute approximate surface area is 206 Å². The third-order valence-electron chi connectivity index (χ3n) is 7.11. The van der Waals surface area contributed by atoms with Crippen molar-refractivity contribution in [2.24, 2.45) is 5.92 Å². The van der Waals surface area contributed by atoms with E-state index in [0.29, 0.717) is 11.6 Å². The first kappa shape index (κ1) is 23.2. The van der Waals surface area contributed by atoms with Crippen LogP contribution in [0.5, 0.6) is 5.75 Å². The Morgan fingerprint density at radius 2 is 1.77 bits per heavy atom. The van der Waals surface area contributed by atoms with Crippen LogP contribution >= 0.6 is 0 Å². The molecule has 0 saturated heterocycles. The molecule has 0 spiro atoms. The average Bonchev–Trinajstić information content (AvgIpc) is 3.60. The van der Waals surface area contributed by atoms with Gasteiger partial charge in [0.2, 0.25) is 5.91 Å². The third kappa shape index (κ3) is 5.09.